The highest BCUT2D eigenvalue weighted by Gasteiger charge is 2.45. The number of hydrogen-bond acceptors (Lipinski definition) is 8. The molecule has 2 aliphatic heterocycles. The number of aliphatic hydroxyl groups is 1. The summed E-state index contributed by atoms with van der Waals surface area (Å²) in [7, 11) is -3.17. The van der Waals surface area contributed by atoms with Gasteiger partial charge in [-0.25, -0.2) is 22.6 Å². The van der Waals surface area contributed by atoms with E-state index in [0.717, 1.165) is 22.1 Å². The van der Waals surface area contributed by atoms with E-state index in [-0.39, 0.29) is 60.4 Å². The largest absolute Gasteiger partial charge is 0.458 e. The van der Waals surface area contributed by atoms with Crippen LogP contribution in [0.2, 0.25) is 0 Å². The van der Waals surface area contributed by atoms with Crippen molar-refractivity contribution in [3.8, 4) is 11.4 Å². The first-order chi connectivity index (χ1) is 17.9. The van der Waals surface area contributed by atoms with E-state index in [4.69, 9.17) is 9.72 Å². The molecule has 4 heterocycles. The first kappa shape index (κ1) is 25.1. The lowest BCUT2D eigenvalue weighted by molar-refractivity contribution is -0.172. The van der Waals surface area contributed by atoms with Gasteiger partial charge in [0.2, 0.25) is 0 Å². The fraction of sp³-hybridized carbons (Fsp3) is 0.444. The number of aryl methyl sites for hydroxylation is 1. The number of halogens is 1. The summed E-state index contributed by atoms with van der Waals surface area (Å²) in [5.41, 5.74) is 2.65. The van der Waals surface area contributed by atoms with E-state index in [1.807, 2.05) is 0 Å². The molecule has 38 heavy (non-hydrogen) atoms. The molecule has 0 unspecified atom stereocenters. The van der Waals surface area contributed by atoms with Gasteiger partial charge in [0, 0.05) is 41.4 Å². The first-order valence-corrected chi connectivity index (χ1v) is 14.7. The molecule has 0 amide bonds. The van der Waals surface area contributed by atoms with E-state index in [9.17, 15) is 27.5 Å². The Morgan fingerprint density at radius 2 is 2.03 bits per heavy atom. The van der Waals surface area contributed by atoms with Gasteiger partial charge in [0.15, 0.2) is 5.60 Å². The summed E-state index contributed by atoms with van der Waals surface area (Å²) in [5, 5.41) is 15.4. The zero-order chi connectivity index (χ0) is 27.1. The molecule has 0 saturated carbocycles. The van der Waals surface area contributed by atoms with Crippen LogP contribution in [0, 0.1) is 12.7 Å². The number of rotatable bonds is 5. The smallest absolute Gasteiger partial charge is 0.343 e. The van der Waals surface area contributed by atoms with Gasteiger partial charge in [-0.2, -0.15) is 0 Å². The number of sulfone groups is 1. The zero-order valence-corrected chi connectivity index (χ0v) is 22.2. The Bertz CT molecular complexity index is 1730. The van der Waals surface area contributed by atoms with Gasteiger partial charge in [-0.1, -0.05) is 6.92 Å². The van der Waals surface area contributed by atoms with Crippen LogP contribution >= 0.6 is 0 Å². The van der Waals surface area contributed by atoms with Crippen molar-refractivity contribution in [1.82, 2.24) is 14.9 Å². The van der Waals surface area contributed by atoms with Crippen molar-refractivity contribution in [3.05, 3.63) is 61.7 Å². The van der Waals surface area contributed by atoms with Crippen LogP contribution in [-0.4, -0.2) is 47.6 Å². The molecule has 200 valence electrons. The molecular formula is C27H28FN3O6S. The SMILES string of the molecule is CC[C@@]1(O)C(=O)OCc2c1cc1n(c2=O)Cc2c-1nc1cc(F)c(C)c3c1c2[C@@H](NCCS(C)(=O)=O)CC3. The van der Waals surface area contributed by atoms with Crippen LogP contribution in [0.3, 0.4) is 0 Å². The second-order valence-electron chi connectivity index (χ2n) is 10.5. The van der Waals surface area contributed by atoms with Crippen molar-refractivity contribution in [2.75, 3.05) is 18.6 Å². The monoisotopic (exact) mass is 541 g/mol. The Morgan fingerprint density at radius 1 is 1.26 bits per heavy atom. The van der Waals surface area contributed by atoms with E-state index < -0.39 is 21.4 Å². The molecule has 3 aromatic rings. The minimum atomic E-state index is -3.17. The van der Waals surface area contributed by atoms with Crippen LogP contribution < -0.4 is 10.9 Å². The van der Waals surface area contributed by atoms with Crippen LogP contribution in [-0.2, 0) is 44.5 Å². The standard InChI is InChI=1S/C27H28FN3O6S/c1-4-27(34)17-9-21-24-15(11-31(21)25(32)16(17)12-37-26(27)33)23-19(29-7-8-38(3,35)36)6-5-14-13(2)18(28)10-20(30-24)22(14)23/h9-10,19,29,34H,4-8,11-12H2,1-3H3/t19-,27-/m0/s1. The van der Waals surface area contributed by atoms with Crippen molar-refractivity contribution in [2.45, 2.75) is 57.9 Å². The van der Waals surface area contributed by atoms with Crippen LogP contribution in [0.5, 0.6) is 0 Å². The summed E-state index contributed by atoms with van der Waals surface area (Å²) in [4.78, 5) is 30.9. The maximum atomic E-state index is 14.9. The maximum absolute atomic E-state index is 14.9. The summed E-state index contributed by atoms with van der Waals surface area (Å²) >= 11 is 0. The summed E-state index contributed by atoms with van der Waals surface area (Å²) in [5.74, 6) is -1.18. The van der Waals surface area contributed by atoms with Gasteiger partial charge in [-0.05, 0) is 48.9 Å². The molecule has 0 bridgehead atoms. The van der Waals surface area contributed by atoms with Gasteiger partial charge < -0.3 is 19.7 Å². The highest BCUT2D eigenvalue weighted by Crippen LogP contribution is 2.45. The molecule has 2 atom stereocenters. The number of esters is 1. The molecule has 1 aliphatic carbocycles. The van der Waals surface area contributed by atoms with Gasteiger partial charge in [0.05, 0.1) is 34.8 Å². The zero-order valence-electron chi connectivity index (χ0n) is 21.4. The quantitative estimate of drug-likeness (QED) is 0.368. The van der Waals surface area contributed by atoms with Crippen LogP contribution in [0.25, 0.3) is 22.3 Å². The molecule has 9 nitrogen and oxygen atoms in total. The minimum absolute atomic E-state index is 0.0226. The van der Waals surface area contributed by atoms with Crippen LogP contribution in [0.15, 0.2) is 16.9 Å². The van der Waals surface area contributed by atoms with Crippen molar-refractivity contribution in [1.29, 1.82) is 0 Å². The minimum Gasteiger partial charge on any atom is -0.458 e. The highest BCUT2D eigenvalue weighted by molar-refractivity contribution is 7.90. The molecule has 6 rings (SSSR count). The van der Waals surface area contributed by atoms with Crippen LogP contribution in [0.4, 0.5) is 4.39 Å². The number of carbonyl (C=O) groups excluding carboxylic acids is 1. The number of nitrogens with zero attached hydrogens (tertiary/aromatic N) is 2. The third-order valence-electron chi connectivity index (χ3n) is 8.24. The number of aromatic nitrogens is 2. The molecule has 0 spiro atoms. The Morgan fingerprint density at radius 3 is 2.74 bits per heavy atom. The van der Waals surface area contributed by atoms with E-state index in [1.165, 1.54) is 12.3 Å². The topological polar surface area (TPSA) is 128 Å². The molecule has 1 aromatic carbocycles. The van der Waals surface area contributed by atoms with Gasteiger partial charge in [-0.3, -0.25) is 4.79 Å². The first-order valence-electron chi connectivity index (χ1n) is 12.7. The average molecular weight is 542 g/mol. The van der Waals surface area contributed by atoms with E-state index >= 15 is 0 Å². The lowest BCUT2D eigenvalue weighted by Crippen LogP contribution is -2.44. The van der Waals surface area contributed by atoms with Gasteiger partial charge >= 0.3 is 5.97 Å². The summed E-state index contributed by atoms with van der Waals surface area (Å²) in [6.07, 6.45) is 2.46. The lowest BCUT2D eigenvalue weighted by Gasteiger charge is -2.31. The second-order valence-corrected chi connectivity index (χ2v) is 12.7. The van der Waals surface area contributed by atoms with Crippen LogP contribution in [0.1, 0.15) is 59.2 Å². The molecule has 11 heteroatoms. The van der Waals surface area contributed by atoms with Crippen molar-refractivity contribution >= 4 is 26.7 Å². The molecular weight excluding hydrogens is 513 g/mol. The third kappa shape index (κ3) is 3.55. The number of fused-ring (bicyclic) bond motifs is 5. The van der Waals surface area contributed by atoms with E-state index in [1.54, 1.807) is 24.5 Å². The summed E-state index contributed by atoms with van der Waals surface area (Å²) < 4.78 is 45.2. The normalized spacial score (nSPS) is 21.7. The number of nitrogens with one attached hydrogen (secondary N) is 1. The number of carbonyl (C=O) groups is 1. The highest BCUT2D eigenvalue weighted by atomic mass is 32.2. The van der Waals surface area contributed by atoms with E-state index in [0.29, 0.717) is 35.3 Å². The summed E-state index contributed by atoms with van der Waals surface area (Å²) in [6.45, 7) is 3.63. The summed E-state index contributed by atoms with van der Waals surface area (Å²) in [6, 6.07) is 2.82. The predicted molar refractivity (Wildman–Crippen MR) is 138 cm³/mol. The maximum Gasteiger partial charge on any atom is 0.343 e. The molecule has 0 radical (unpaired) electrons. The molecule has 2 aromatic heterocycles. The van der Waals surface area contributed by atoms with Gasteiger partial charge in [0.25, 0.3) is 5.56 Å². The number of benzene rings is 1. The molecule has 0 fully saturated rings. The van der Waals surface area contributed by atoms with Gasteiger partial charge in [0.1, 0.15) is 22.3 Å². The molecule has 2 N–H and O–H groups in total. The molecule has 0 saturated heterocycles. The van der Waals surface area contributed by atoms with Crippen molar-refractivity contribution in [2.24, 2.45) is 0 Å². The Balaban J connectivity index is 1.59. The lowest BCUT2D eigenvalue weighted by atomic mass is 9.81. The Hall–Kier alpha value is -3.15. The fourth-order valence-corrected chi connectivity index (χ4v) is 6.67. The fourth-order valence-electron chi connectivity index (χ4n) is 6.18. The number of cyclic esters (lactones) is 1. The third-order valence-corrected chi connectivity index (χ3v) is 9.19. The number of hydrogen-bond donors (Lipinski definition) is 2. The van der Waals surface area contributed by atoms with Gasteiger partial charge in [-0.15, -0.1) is 0 Å². The average Bonchev–Trinajstić information content (AvgIpc) is 3.23. The number of pyridine rings is 2. The second kappa shape index (κ2) is 8.42. The van der Waals surface area contributed by atoms with Crippen molar-refractivity contribution < 1.29 is 27.4 Å². The predicted octanol–water partition coefficient (Wildman–Crippen LogP) is 2.15. The van der Waals surface area contributed by atoms with E-state index in [2.05, 4.69) is 5.32 Å². The van der Waals surface area contributed by atoms with Crippen molar-refractivity contribution in [3.63, 3.8) is 0 Å². The Labute approximate surface area is 218 Å². The number of ether oxygens (including phenoxy) is 1. The Kier molecular flexibility index (Phi) is 5.57. The molecule has 3 aliphatic rings.